The third-order valence-corrected chi connectivity index (χ3v) is 16.1. The Morgan fingerprint density at radius 2 is 1.31 bits per heavy atom. The first-order valence-corrected chi connectivity index (χ1v) is 25.3. The Kier molecular flexibility index (Phi) is 12.8. The zero-order valence-electron chi connectivity index (χ0n) is 39.6. The number of carbonyl (C=O) groups is 4. The van der Waals surface area contributed by atoms with Crippen molar-refractivity contribution in [2.75, 3.05) is 27.3 Å². The van der Waals surface area contributed by atoms with Crippen molar-refractivity contribution in [3.05, 3.63) is 71.8 Å². The van der Waals surface area contributed by atoms with Crippen LogP contribution in [0, 0.1) is 17.3 Å². The topological polar surface area (TPSA) is 217 Å². The van der Waals surface area contributed by atoms with Crippen molar-refractivity contribution in [3.8, 4) is 33.6 Å². The van der Waals surface area contributed by atoms with Crippen molar-refractivity contribution in [2.45, 2.75) is 121 Å². The van der Waals surface area contributed by atoms with Gasteiger partial charge in [-0.15, -0.1) is 0 Å². The van der Waals surface area contributed by atoms with E-state index in [1.807, 2.05) is 46.0 Å². The van der Waals surface area contributed by atoms with E-state index in [0.717, 1.165) is 72.2 Å². The number of amidine groups is 1. The molecule has 2 saturated heterocycles. The van der Waals surface area contributed by atoms with E-state index < -0.39 is 40.3 Å². The van der Waals surface area contributed by atoms with Crippen molar-refractivity contribution < 1.29 is 37.1 Å². The molecule has 1 unspecified atom stereocenters. The maximum absolute atomic E-state index is 13.9. The fourth-order valence-corrected chi connectivity index (χ4v) is 12.3. The summed E-state index contributed by atoms with van der Waals surface area (Å²) >= 11 is 0. The Hall–Kier alpha value is -6.30. The first kappa shape index (κ1) is 46.8. The molecule has 0 radical (unpaired) electrons. The number of rotatable bonds is 11. The van der Waals surface area contributed by atoms with Crippen LogP contribution in [0.2, 0.25) is 0 Å². The van der Waals surface area contributed by atoms with Gasteiger partial charge in [0.2, 0.25) is 11.8 Å². The number of hydrogen-bond acceptors (Lipinski definition) is 11. The molecule has 4 amide bonds. The third kappa shape index (κ3) is 8.82. The SMILES string of the molecule is COC(=O)NC(C(=O)N1CCC[C@H]1c1ncc(-c2ccc(-c3ncc(-c4ccc5c(c4)N=C([C@@H]4CCCN4C(=O)[C@@H](NC(=O)OC)C(C)C)NS5(=O)=O)c4c3CC3(CCCC3)C4)cc2)[nH]1)C(C)C. The van der Waals surface area contributed by atoms with Crippen LogP contribution in [0.4, 0.5) is 15.3 Å². The second kappa shape index (κ2) is 18.7. The van der Waals surface area contributed by atoms with Crippen molar-refractivity contribution in [2.24, 2.45) is 22.2 Å². The van der Waals surface area contributed by atoms with Crippen molar-refractivity contribution in [1.29, 1.82) is 0 Å². The smallest absolute Gasteiger partial charge is 0.407 e. The molecular weight excluding hydrogens is 887 g/mol. The van der Waals surface area contributed by atoms with E-state index in [1.165, 1.54) is 38.2 Å². The number of aromatic amines is 1. The minimum atomic E-state index is -4.01. The van der Waals surface area contributed by atoms with Crippen LogP contribution in [0.25, 0.3) is 33.6 Å². The monoisotopic (exact) mass is 947 g/mol. The molecule has 2 aromatic heterocycles. The van der Waals surface area contributed by atoms with Gasteiger partial charge in [0, 0.05) is 30.4 Å². The summed E-state index contributed by atoms with van der Waals surface area (Å²) < 4.78 is 39.9. The van der Waals surface area contributed by atoms with E-state index in [2.05, 4.69) is 44.6 Å². The summed E-state index contributed by atoms with van der Waals surface area (Å²) in [7, 11) is -1.49. The van der Waals surface area contributed by atoms with Gasteiger partial charge in [-0.2, -0.15) is 0 Å². The van der Waals surface area contributed by atoms with Crippen LogP contribution in [0.5, 0.6) is 0 Å². The Labute approximate surface area is 397 Å². The number of nitrogens with zero attached hydrogens (tertiary/aromatic N) is 5. The molecular formula is C50H61N9O8S. The fraction of sp³-hybridized carbons (Fsp3) is 0.500. The number of benzene rings is 2. The maximum Gasteiger partial charge on any atom is 0.407 e. The number of imidazole rings is 1. The zero-order chi connectivity index (χ0) is 48.1. The average Bonchev–Trinajstić information content (AvgIpc) is 4.19. The fourth-order valence-electron chi connectivity index (χ4n) is 11.1. The van der Waals surface area contributed by atoms with Gasteiger partial charge in [-0.1, -0.05) is 70.9 Å². The summed E-state index contributed by atoms with van der Waals surface area (Å²) in [5.41, 5.74) is 8.35. The minimum absolute atomic E-state index is 0.0630. The van der Waals surface area contributed by atoms with Crippen LogP contribution < -0.4 is 15.4 Å². The van der Waals surface area contributed by atoms with Gasteiger partial charge in [-0.3, -0.25) is 19.3 Å². The van der Waals surface area contributed by atoms with Crippen LogP contribution in [-0.2, 0) is 41.9 Å². The largest absolute Gasteiger partial charge is 0.453 e. The second-order valence-electron chi connectivity index (χ2n) is 19.7. The lowest BCUT2D eigenvalue weighted by Gasteiger charge is -2.32. The molecule has 4 N–H and O–H groups in total. The van der Waals surface area contributed by atoms with E-state index in [4.69, 9.17) is 24.4 Å². The Bertz CT molecular complexity index is 2760. The molecule has 5 heterocycles. The first-order valence-electron chi connectivity index (χ1n) is 23.8. The Balaban J connectivity index is 0.992. The van der Waals surface area contributed by atoms with Gasteiger partial charge in [0.15, 0.2) is 0 Å². The third-order valence-electron chi connectivity index (χ3n) is 14.7. The lowest BCUT2D eigenvalue weighted by atomic mass is 9.82. The van der Waals surface area contributed by atoms with Crippen LogP contribution in [0.1, 0.15) is 102 Å². The molecule has 1 saturated carbocycles. The predicted octanol–water partition coefficient (Wildman–Crippen LogP) is 7.20. The molecule has 68 heavy (non-hydrogen) atoms. The quantitative estimate of drug-likeness (QED) is 0.119. The second-order valence-corrected chi connectivity index (χ2v) is 21.3. The van der Waals surface area contributed by atoms with Crippen LogP contribution in [-0.4, -0.2) is 108 Å². The van der Waals surface area contributed by atoms with Crippen LogP contribution >= 0.6 is 0 Å². The number of nitrogens with one attached hydrogen (secondary N) is 4. The number of sulfonamides is 1. The van der Waals surface area contributed by atoms with Gasteiger partial charge in [0.25, 0.3) is 10.0 Å². The molecule has 4 atom stereocenters. The van der Waals surface area contributed by atoms with E-state index >= 15 is 0 Å². The number of H-pyrrole nitrogens is 1. The summed E-state index contributed by atoms with van der Waals surface area (Å²) in [5, 5.41) is 5.36. The number of hydrogen-bond donors (Lipinski definition) is 4. The van der Waals surface area contributed by atoms with Crippen molar-refractivity contribution in [1.82, 2.24) is 40.1 Å². The molecule has 2 aliphatic carbocycles. The minimum Gasteiger partial charge on any atom is -0.453 e. The number of ether oxygens (including phenoxy) is 2. The molecule has 2 aromatic carbocycles. The molecule has 0 bridgehead atoms. The van der Waals surface area contributed by atoms with Crippen molar-refractivity contribution in [3.63, 3.8) is 0 Å². The maximum atomic E-state index is 13.9. The molecule has 17 nitrogen and oxygen atoms in total. The molecule has 1 spiro atoms. The first-order chi connectivity index (χ1) is 32.6. The van der Waals surface area contributed by atoms with E-state index in [0.29, 0.717) is 37.4 Å². The summed E-state index contributed by atoms with van der Waals surface area (Å²) in [6.07, 6.45) is 11.5. The zero-order valence-corrected chi connectivity index (χ0v) is 40.4. The predicted molar refractivity (Wildman–Crippen MR) is 255 cm³/mol. The Morgan fingerprint density at radius 1 is 0.735 bits per heavy atom. The number of carbonyl (C=O) groups excluding carboxylic acids is 4. The lowest BCUT2D eigenvalue weighted by Crippen LogP contribution is -2.56. The van der Waals surface area contributed by atoms with Crippen molar-refractivity contribution >= 4 is 45.5 Å². The molecule has 5 aliphatic rings. The molecule has 18 heteroatoms. The van der Waals surface area contributed by atoms with Crippen LogP contribution in [0.3, 0.4) is 0 Å². The van der Waals surface area contributed by atoms with Gasteiger partial charge in [-0.25, -0.2) is 28.0 Å². The number of amides is 4. The molecule has 4 aromatic rings. The summed E-state index contributed by atoms with van der Waals surface area (Å²) in [6.45, 7) is 8.42. The van der Waals surface area contributed by atoms with Gasteiger partial charge in [0.1, 0.15) is 28.6 Å². The standard InChI is InChI=1S/C50H61N9O8S/c1-28(2)41(55-48(62)66-5)46(60)58-21-9-11-38(58)44-52-27-37(54-44)30-13-15-31(16-14-30)43-34-25-50(19-7-8-20-50)24-33(34)35(26-51-43)32-17-18-40-36(23-32)53-45(57-68(40,64)65)39-12-10-22-59(39)47(61)42(29(3)4)56-49(63)67-6/h13-18,23,26-29,38-39,41-42H,7-12,19-22,24-25H2,1-6H3,(H,52,54)(H,53,57)(H,55,62)(H,56,63)/t38-,39-,41?,42-/m0/s1. The van der Waals surface area contributed by atoms with E-state index in [-0.39, 0.29) is 45.8 Å². The van der Waals surface area contributed by atoms with E-state index in [1.54, 1.807) is 22.1 Å². The van der Waals surface area contributed by atoms with E-state index in [9.17, 15) is 27.6 Å². The normalized spacial score (nSPS) is 21.0. The number of aliphatic imine (C=N–C) groups is 1. The number of methoxy groups -OCH3 is 2. The molecule has 360 valence electrons. The summed E-state index contributed by atoms with van der Waals surface area (Å²) in [5.74, 6) is 0.0265. The molecule has 9 rings (SSSR count). The average molecular weight is 948 g/mol. The van der Waals surface area contributed by atoms with Gasteiger partial charge in [0.05, 0.1) is 49.6 Å². The highest BCUT2D eigenvalue weighted by Gasteiger charge is 2.44. The molecule has 3 fully saturated rings. The van der Waals surface area contributed by atoms with Crippen LogP contribution in [0.15, 0.2) is 64.7 Å². The highest BCUT2D eigenvalue weighted by Crippen LogP contribution is 2.53. The summed E-state index contributed by atoms with van der Waals surface area (Å²) in [6, 6.07) is 11.1. The van der Waals surface area contributed by atoms with Gasteiger partial charge < -0.3 is 34.9 Å². The molecule has 3 aliphatic heterocycles. The number of fused-ring (bicyclic) bond motifs is 2. The number of pyridine rings is 1. The number of alkyl carbamates (subject to hydrolysis) is 2. The summed E-state index contributed by atoms with van der Waals surface area (Å²) in [4.78, 5) is 73.6. The number of likely N-dealkylation sites (tertiary alicyclic amines) is 2. The highest BCUT2D eigenvalue weighted by atomic mass is 32.2. The Morgan fingerprint density at radius 3 is 1.93 bits per heavy atom. The highest BCUT2D eigenvalue weighted by molar-refractivity contribution is 7.90. The lowest BCUT2D eigenvalue weighted by molar-refractivity contribution is -0.135. The number of aromatic nitrogens is 3. The van der Waals surface area contributed by atoms with Gasteiger partial charge in [-0.05, 0) is 103 Å². The van der Waals surface area contributed by atoms with Gasteiger partial charge >= 0.3 is 12.2 Å².